The van der Waals surface area contributed by atoms with Gasteiger partial charge in [-0.25, -0.2) is 19.9 Å². The lowest BCUT2D eigenvalue weighted by atomic mass is 9.84. The molecule has 126 valence electrons. The molecule has 4 unspecified atom stereocenters. The second-order valence-corrected chi connectivity index (χ2v) is 8.43. The summed E-state index contributed by atoms with van der Waals surface area (Å²) in [6, 6.07) is 2.10. The van der Waals surface area contributed by atoms with Crippen molar-refractivity contribution in [1.29, 1.82) is 0 Å². The monoisotopic (exact) mass is 330 g/mol. The molecule has 0 aromatic carbocycles. The van der Waals surface area contributed by atoms with E-state index in [9.17, 15) is 0 Å². The molecule has 0 radical (unpaired) electrons. The molecule has 6 rings (SSSR count). The third-order valence-electron chi connectivity index (χ3n) is 7.20. The van der Waals surface area contributed by atoms with Crippen LogP contribution in [0.15, 0.2) is 36.9 Å². The molecule has 4 aliphatic rings. The maximum atomic E-state index is 5.00. The van der Waals surface area contributed by atoms with E-state index in [1.54, 1.807) is 6.33 Å². The standard InChI is InChI=1S/C21H22N4/c1-2-7-21(11-15(21)4-1)18-16(12-22-13-24-18)19-23-9-6-17(25-19)20-8-3-5-14(20)10-20/h3,6,8-9,12-15H,1-2,4-5,7,10-11H2. The van der Waals surface area contributed by atoms with E-state index in [0.717, 1.165) is 23.2 Å². The van der Waals surface area contributed by atoms with Crippen LogP contribution in [0.5, 0.6) is 0 Å². The molecular weight excluding hydrogens is 308 g/mol. The summed E-state index contributed by atoms with van der Waals surface area (Å²) in [5, 5.41) is 0. The molecular formula is C21H22N4. The van der Waals surface area contributed by atoms with Crippen molar-refractivity contribution in [2.45, 2.75) is 55.8 Å². The van der Waals surface area contributed by atoms with E-state index in [-0.39, 0.29) is 10.8 Å². The smallest absolute Gasteiger partial charge is 0.162 e. The summed E-state index contributed by atoms with van der Waals surface area (Å²) in [4.78, 5) is 18.7. The Morgan fingerprint density at radius 1 is 1.08 bits per heavy atom. The van der Waals surface area contributed by atoms with Crippen molar-refractivity contribution in [3.05, 3.63) is 48.3 Å². The largest absolute Gasteiger partial charge is 0.244 e. The molecule has 2 aromatic rings. The maximum Gasteiger partial charge on any atom is 0.162 e. The number of nitrogens with zero attached hydrogens (tertiary/aromatic N) is 4. The molecule has 25 heavy (non-hydrogen) atoms. The van der Waals surface area contributed by atoms with Gasteiger partial charge in [0.05, 0.1) is 17.0 Å². The Labute approximate surface area is 147 Å². The van der Waals surface area contributed by atoms with Crippen LogP contribution in [0.3, 0.4) is 0 Å². The van der Waals surface area contributed by atoms with Crippen molar-refractivity contribution in [3.63, 3.8) is 0 Å². The first-order valence-corrected chi connectivity index (χ1v) is 9.64. The minimum Gasteiger partial charge on any atom is -0.244 e. The van der Waals surface area contributed by atoms with E-state index >= 15 is 0 Å². The fourth-order valence-electron chi connectivity index (χ4n) is 5.63. The van der Waals surface area contributed by atoms with Crippen LogP contribution in [0, 0.1) is 11.8 Å². The van der Waals surface area contributed by atoms with Crippen LogP contribution in [0.2, 0.25) is 0 Å². The highest BCUT2D eigenvalue weighted by atomic mass is 14.9. The second kappa shape index (κ2) is 4.75. The fraction of sp³-hybridized carbons (Fsp3) is 0.524. The van der Waals surface area contributed by atoms with Gasteiger partial charge in [-0.2, -0.15) is 0 Å². The van der Waals surface area contributed by atoms with Crippen molar-refractivity contribution in [3.8, 4) is 11.4 Å². The summed E-state index contributed by atoms with van der Waals surface area (Å²) in [6.45, 7) is 0. The number of fused-ring (bicyclic) bond motifs is 2. The van der Waals surface area contributed by atoms with Gasteiger partial charge in [-0.1, -0.05) is 25.0 Å². The van der Waals surface area contributed by atoms with Crippen LogP contribution in [-0.2, 0) is 10.8 Å². The molecule has 3 fully saturated rings. The van der Waals surface area contributed by atoms with E-state index in [1.807, 2.05) is 12.4 Å². The zero-order valence-electron chi connectivity index (χ0n) is 14.4. The van der Waals surface area contributed by atoms with Crippen molar-refractivity contribution >= 4 is 0 Å². The average Bonchev–Trinajstić information content (AvgIpc) is 3.56. The number of allylic oxidation sites excluding steroid dienone is 2. The molecule has 3 saturated carbocycles. The van der Waals surface area contributed by atoms with Crippen LogP contribution >= 0.6 is 0 Å². The highest BCUT2D eigenvalue weighted by molar-refractivity contribution is 5.61. The van der Waals surface area contributed by atoms with Crippen molar-refractivity contribution in [2.75, 3.05) is 0 Å². The lowest BCUT2D eigenvalue weighted by molar-refractivity contribution is 0.421. The number of hydrogen-bond donors (Lipinski definition) is 0. The number of aromatic nitrogens is 4. The lowest BCUT2D eigenvalue weighted by Crippen LogP contribution is -2.18. The highest BCUT2D eigenvalue weighted by Crippen LogP contribution is 2.63. The molecule has 4 atom stereocenters. The van der Waals surface area contributed by atoms with Gasteiger partial charge in [0.25, 0.3) is 0 Å². The van der Waals surface area contributed by atoms with Crippen molar-refractivity contribution in [1.82, 2.24) is 19.9 Å². The Hall–Kier alpha value is -2.10. The van der Waals surface area contributed by atoms with Gasteiger partial charge in [0.15, 0.2) is 5.82 Å². The van der Waals surface area contributed by atoms with Crippen molar-refractivity contribution < 1.29 is 0 Å². The molecule has 4 nitrogen and oxygen atoms in total. The number of hydrogen-bond acceptors (Lipinski definition) is 4. The Morgan fingerprint density at radius 3 is 2.92 bits per heavy atom. The van der Waals surface area contributed by atoms with E-state index < -0.39 is 0 Å². The SMILES string of the molecule is C1=CC2(c3ccnc(-c4cncnc4C45CCCCC4C5)n3)CC2C1. The summed E-state index contributed by atoms with van der Waals surface area (Å²) >= 11 is 0. The van der Waals surface area contributed by atoms with E-state index in [2.05, 4.69) is 28.2 Å². The predicted octanol–water partition coefficient (Wildman–Crippen LogP) is 3.98. The zero-order chi connectivity index (χ0) is 16.5. The Kier molecular flexibility index (Phi) is 2.68. The number of rotatable bonds is 3. The minimum atomic E-state index is 0.193. The summed E-state index contributed by atoms with van der Waals surface area (Å²) in [7, 11) is 0. The second-order valence-electron chi connectivity index (χ2n) is 8.43. The predicted molar refractivity (Wildman–Crippen MR) is 94.9 cm³/mol. The molecule has 0 bridgehead atoms. The van der Waals surface area contributed by atoms with E-state index in [4.69, 9.17) is 9.97 Å². The summed E-state index contributed by atoms with van der Waals surface area (Å²) in [6.07, 6.45) is 19.3. The van der Waals surface area contributed by atoms with Gasteiger partial charge in [0.2, 0.25) is 0 Å². The summed E-state index contributed by atoms with van der Waals surface area (Å²) < 4.78 is 0. The third kappa shape index (κ3) is 1.88. The van der Waals surface area contributed by atoms with E-state index in [1.165, 1.54) is 56.3 Å². The molecule has 0 spiro atoms. The topological polar surface area (TPSA) is 51.6 Å². The van der Waals surface area contributed by atoms with Gasteiger partial charge >= 0.3 is 0 Å². The molecule has 0 N–H and O–H groups in total. The third-order valence-corrected chi connectivity index (χ3v) is 7.20. The van der Waals surface area contributed by atoms with Crippen LogP contribution in [0.1, 0.15) is 56.3 Å². The Morgan fingerprint density at radius 2 is 2.08 bits per heavy atom. The summed E-state index contributed by atoms with van der Waals surface area (Å²) in [5.41, 5.74) is 3.92. The first-order valence-electron chi connectivity index (χ1n) is 9.64. The van der Waals surface area contributed by atoms with Gasteiger partial charge in [-0.3, -0.25) is 0 Å². The highest BCUT2D eigenvalue weighted by Gasteiger charge is 2.58. The van der Waals surface area contributed by atoms with Crippen LogP contribution in [0.4, 0.5) is 0 Å². The van der Waals surface area contributed by atoms with E-state index in [0.29, 0.717) is 0 Å². The van der Waals surface area contributed by atoms with Crippen molar-refractivity contribution in [2.24, 2.45) is 11.8 Å². The van der Waals surface area contributed by atoms with Gasteiger partial charge < -0.3 is 0 Å². The molecule has 4 aliphatic carbocycles. The molecule has 0 amide bonds. The molecule has 2 heterocycles. The summed E-state index contributed by atoms with van der Waals surface area (Å²) in [5.74, 6) is 2.38. The minimum absolute atomic E-state index is 0.193. The normalized spacial score (nSPS) is 37.4. The molecule has 0 aliphatic heterocycles. The Bertz CT molecular complexity index is 891. The Balaban J connectivity index is 1.44. The van der Waals surface area contributed by atoms with Crippen LogP contribution in [0.25, 0.3) is 11.4 Å². The molecule has 4 heteroatoms. The lowest BCUT2D eigenvalue weighted by Gasteiger charge is -2.23. The molecule has 2 aromatic heterocycles. The first kappa shape index (κ1) is 14.1. The first-order chi connectivity index (χ1) is 12.3. The maximum absolute atomic E-state index is 5.00. The van der Waals surface area contributed by atoms with Gasteiger partial charge in [-0.05, 0) is 50.0 Å². The average molecular weight is 330 g/mol. The quantitative estimate of drug-likeness (QED) is 0.799. The van der Waals surface area contributed by atoms with Gasteiger partial charge in [0, 0.05) is 23.2 Å². The van der Waals surface area contributed by atoms with Crippen LogP contribution < -0.4 is 0 Å². The van der Waals surface area contributed by atoms with Gasteiger partial charge in [-0.15, -0.1) is 0 Å². The fourth-order valence-corrected chi connectivity index (χ4v) is 5.63. The molecule has 0 saturated heterocycles. The zero-order valence-corrected chi connectivity index (χ0v) is 14.4. The van der Waals surface area contributed by atoms with Crippen LogP contribution in [-0.4, -0.2) is 19.9 Å². The van der Waals surface area contributed by atoms with Gasteiger partial charge in [0.1, 0.15) is 6.33 Å².